The summed E-state index contributed by atoms with van der Waals surface area (Å²) in [6.07, 6.45) is 1.58. The molecule has 2 aliphatic heterocycles. The molecule has 1 spiro atoms. The van der Waals surface area contributed by atoms with E-state index < -0.39 is 0 Å². The lowest BCUT2D eigenvalue weighted by atomic mass is 9.76. The monoisotopic (exact) mass is 335 g/mol. The Morgan fingerprint density at radius 2 is 2.08 bits per heavy atom. The van der Waals surface area contributed by atoms with Gasteiger partial charge in [-0.25, -0.2) is 4.39 Å². The summed E-state index contributed by atoms with van der Waals surface area (Å²) in [5, 5.41) is 8.62. The van der Waals surface area contributed by atoms with Gasteiger partial charge < -0.3 is 15.4 Å². The maximum atomic E-state index is 13.5. The summed E-state index contributed by atoms with van der Waals surface area (Å²) in [6.45, 7) is 2.03. The van der Waals surface area contributed by atoms with Gasteiger partial charge in [-0.3, -0.25) is 14.9 Å². The average Bonchev–Trinajstić information content (AvgIpc) is 2.88. The van der Waals surface area contributed by atoms with E-state index in [4.69, 9.17) is 4.74 Å². The van der Waals surface area contributed by atoms with Crippen LogP contribution in [0.1, 0.15) is 18.4 Å². The van der Waals surface area contributed by atoms with Gasteiger partial charge in [-0.05, 0) is 18.9 Å². The summed E-state index contributed by atoms with van der Waals surface area (Å²) in [5.74, 6) is -0.680. The standard InChI is InChI=1S/C17H22FN3O3/c18-13-4-2-1-3-12(13)9-19-14(22)10-20-15-16(23)21-11-17(15)5-7-24-8-6-17/h1-4,15,20H,5-11H2,(H,19,22)(H,21,23). The largest absolute Gasteiger partial charge is 0.381 e. The van der Waals surface area contributed by atoms with Gasteiger partial charge in [0.2, 0.25) is 11.8 Å². The summed E-state index contributed by atoms with van der Waals surface area (Å²) in [4.78, 5) is 24.1. The molecule has 2 saturated heterocycles. The maximum absolute atomic E-state index is 13.5. The number of carbonyl (C=O) groups excluding carboxylic acids is 2. The van der Waals surface area contributed by atoms with Gasteiger partial charge in [-0.15, -0.1) is 0 Å². The van der Waals surface area contributed by atoms with E-state index in [1.54, 1.807) is 18.2 Å². The molecule has 1 atom stereocenters. The van der Waals surface area contributed by atoms with Gasteiger partial charge in [0.25, 0.3) is 0 Å². The van der Waals surface area contributed by atoms with E-state index in [1.807, 2.05) is 0 Å². The van der Waals surface area contributed by atoms with Gasteiger partial charge in [0.05, 0.1) is 12.6 Å². The predicted molar refractivity (Wildman–Crippen MR) is 85.5 cm³/mol. The minimum Gasteiger partial charge on any atom is -0.381 e. The van der Waals surface area contributed by atoms with Crippen molar-refractivity contribution in [1.29, 1.82) is 0 Å². The van der Waals surface area contributed by atoms with Crippen LogP contribution >= 0.6 is 0 Å². The normalized spacial score (nSPS) is 22.4. The van der Waals surface area contributed by atoms with Crippen LogP contribution in [0.2, 0.25) is 0 Å². The van der Waals surface area contributed by atoms with Gasteiger partial charge in [0.15, 0.2) is 0 Å². The van der Waals surface area contributed by atoms with E-state index in [-0.39, 0.29) is 42.2 Å². The molecule has 0 aliphatic carbocycles. The zero-order valence-electron chi connectivity index (χ0n) is 13.4. The van der Waals surface area contributed by atoms with Gasteiger partial charge in [-0.1, -0.05) is 18.2 Å². The highest BCUT2D eigenvalue weighted by molar-refractivity contribution is 5.86. The van der Waals surface area contributed by atoms with Crippen molar-refractivity contribution in [2.24, 2.45) is 5.41 Å². The number of nitrogens with one attached hydrogen (secondary N) is 3. The molecule has 130 valence electrons. The van der Waals surface area contributed by atoms with Crippen LogP contribution in [-0.4, -0.2) is 44.2 Å². The Bertz CT molecular complexity index is 617. The van der Waals surface area contributed by atoms with Crippen molar-refractivity contribution in [2.75, 3.05) is 26.3 Å². The molecule has 2 amide bonds. The summed E-state index contributed by atoms with van der Waals surface area (Å²) in [6, 6.07) is 5.93. The zero-order chi connectivity index (χ0) is 17.0. The van der Waals surface area contributed by atoms with Crippen molar-refractivity contribution < 1.29 is 18.7 Å². The fourth-order valence-corrected chi connectivity index (χ4v) is 3.39. The molecule has 0 radical (unpaired) electrons. The van der Waals surface area contributed by atoms with Crippen LogP contribution in [0, 0.1) is 11.2 Å². The highest BCUT2D eigenvalue weighted by atomic mass is 19.1. The Kier molecular flexibility index (Phi) is 5.11. The van der Waals surface area contributed by atoms with Gasteiger partial charge in [0, 0.05) is 37.3 Å². The van der Waals surface area contributed by atoms with Crippen LogP contribution in [0.15, 0.2) is 24.3 Å². The minimum atomic E-state index is -0.388. The number of amides is 2. The lowest BCUT2D eigenvalue weighted by molar-refractivity contribution is -0.123. The van der Waals surface area contributed by atoms with Crippen molar-refractivity contribution in [2.45, 2.75) is 25.4 Å². The first-order valence-electron chi connectivity index (χ1n) is 8.20. The number of rotatable bonds is 5. The second-order valence-corrected chi connectivity index (χ2v) is 6.37. The topological polar surface area (TPSA) is 79.5 Å². The third-order valence-corrected chi connectivity index (χ3v) is 4.88. The molecule has 2 heterocycles. The van der Waals surface area contributed by atoms with E-state index >= 15 is 0 Å². The number of ether oxygens (including phenoxy) is 1. The number of hydrogen-bond acceptors (Lipinski definition) is 4. The minimum absolute atomic E-state index is 0.0230. The van der Waals surface area contributed by atoms with E-state index in [2.05, 4.69) is 16.0 Å². The molecule has 1 aromatic carbocycles. The van der Waals surface area contributed by atoms with Crippen LogP contribution in [0.3, 0.4) is 0 Å². The smallest absolute Gasteiger partial charge is 0.237 e. The van der Waals surface area contributed by atoms with Crippen molar-refractivity contribution in [3.63, 3.8) is 0 Å². The Balaban J connectivity index is 1.51. The molecule has 0 aromatic heterocycles. The second-order valence-electron chi connectivity index (χ2n) is 6.37. The number of hydrogen-bond donors (Lipinski definition) is 3. The highest BCUT2D eigenvalue weighted by Gasteiger charge is 2.48. The predicted octanol–water partition coefficient (Wildman–Crippen LogP) is 0.327. The first-order valence-corrected chi connectivity index (χ1v) is 8.20. The molecular formula is C17H22FN3O3. The number of halogens is 1. The molecule has 6 nitrogen and oxygen atoms in total. The Hall–Kier alpha value is -1.99. The molecule has 1 unspecified atom stereocenters. The molecule has 0 bridgehead atoms. The van der Waals surface area contributed by atoms with E-state index in [1.165, 1.54) is 6.07 Å². The average molecular weight is 335 g/mol. The number of benzene rings is 1. The summed E-state index contributed by atoms with van der Waals surface area (Å²) in [7, 11) is 0. The Labute approximate surface area is 140 Å². The lowest BCUT2D eigenvalue weighted by Crippen LogP contribution is -2.51. The SMILES string of the molecule is O=C(CNC1C(=O)NCC12CCOCC2)NCc1ccccc1F. The molecule has 24 heavy (non-hydrogen) atoms. The van der Waals surface area contributed by atoms with Crippen molar-refractivity contribution in [3.8, 4) is 0 Å². The molecule has 2 aliphatic rings. The molecular weight excluding hydrogens is 313 g/mol. The van der Waals surface area contributed by atoms with Crippen LogP contribution in [0.4, 0.5) is 4.39 Å². The fourth-order valence-electron chi connectivity index (χ4n) is 3.39. The third-order valence-electron chi connectivity index (χ3n) is 4.88. The zero-order valence-corrected chi connectivity index (χ0v) is 13.4. The van der Waals surface area contributed by atoms with Crippen LogP contribution in [0.5, 0.6) is 0 Å². The van der Waals surface area contributed by atoms with Gasteiger partial charge >= 0.3 is 0 Å². The number of carbonyl (C=O) groups is 2. The Morgan fingerprint density at radius 3 is 2.83 bits per heavy atom. The first-order chi connectivity index (χ1) is 11.6. The van der Waals surface area contributed by atoms with Crippen molar-refractivity contribution >= 4 is 11.8 Å². The molecule has 0 saturated carbocycles. The van der Waals surface area contributed by atoms with Gasteiger partial charge in [0.1, 0.15) is 5.82 Å². The first kappa shape index (κ1) is 16.9. The van der Waals surface area contributed by atoms with Crippen LogP contribution in [-0.2, 0) is 20.9 Å². The highest BCUT2D eigenvalue weighted by Crippen LogP contribution is 2.36. The quantitative estimate of drug-likeness (QED) is 0.724. The summed E-state index contributed by atoms with van der Waals surface area (Å²) in [5.41, 5.74) is 0.256. The molecule has 3 rings (SSSR count). The van der Waals surface area contributed by atoms with E-state index in [0.717, 1.165) is 12.8 Å². The third kappa shape index (κ3) is 3.57. The Morgan fingerprint density at radius 1 is 1.33 bits per heavy atom. The van der Waals surface area contributed by atoms with Crippen molar-refractivity contribution in [1.82, 2.24) is 16.0 Å². The molecule has 3 N–H and O–H groups in total. The second kappa shape index (κ2) is 7.27. The summed E-state index contributed by atoms with van der Waals surface area (Å²) >= 11 is 0. The summed E-state index contributed by atoms with van der Waals surface area (Å²) < 4.78 is 18.9. The van der Waals surface area contributed by atoms with E-state index in [0.29, 0.717) is 25.3 Å². The van der Waals surface area contributed by atoms with Crippen LogP contribution < -0.4 is 16.0 Å². The van der Waals surface area contributed by atoms with Crippen LogP contribution in [0.25, 0.3) is 0 Å². The maximum Gasteiger partial charge on any atom is 0.237 e. The fraction of sp³-hybridized carbons (Fsp3) is 0.529. The lowest BCUT2D eigenvalue weighted by Gasteiger charge is -2.36. The van der Waals surface area contributed by atoms with Gasteiger partial charge in [-0.2, -0.15) is 0 Å². The van der Waals surface area contributed by atoms with Crippen molar-refractivity contribution in [3.05, 3.63) is 35.6 Å². The molecule has 7 heteroatoms. The molecule has 2 fully saturated rings. The molecule has 1 aromatic rings. The van der Waals surface area contributed by atoms with E-state index in [9.17, 15) is 14.0 Å².